The predicted molar refractivity (Wildman–Crippen MR) is 120 cm³/mol. The summed E-state index contributed by atoms with van der Waals surface area (Å²) >= 11 is 0.892. The lowest BCUT2D eigenvalue weighted by Crippen LogP contribution is -2.20. The van der Waals surface area contributed by atoms with Crippen LogP contribution in [0.4, 0.5) is 10.1 Å². The number of thioether (sulfide) groups is 1. The number of aryl methyl sites for hydroxylation is 1. The average Bonchev–Trinajstić information content (AvgIpc) is 2.79. The number of benzene rings is 2. The number of hydrogen-bond acceptors (Lipinski definition) is 8. The fourth-order valence-electron chi connectivity index (χ4n) is 2.74. The van der Waals surface area contributed by atoms with Crippen molar-refractivity contribution in [1.82, 2.24) is 9.97 Å². The SMILES string of the molecule is COc1ccc(S(=O)(=O)c2cnc(SCC(=O)Nc3ccc(C)c(F)c3)[nH]c2=O)cc1OC. The van der Waals surface area contributed by atoms with Crippen LogP contribution in [-0.2, 0) is 14.6 Å². The number of carbonyl (C=O) groups excluding carboxylic acids is 1. The third kappa shape index (κ3) is 5.52. The summed E-state index contributed by atoms with van der Waals surface area (Å²) in [5, 5.41) is 2.59. The molecule has 0 saturated carbocycles. The van der Waals surface area contributed by atoms with E-state index in [-0.39, 0.29) is 21.6 Å². The van der Waals surface area contributed by atoms with Crippen molar-refractivity contribution < 1.29 is 27.1 Å². The van der Waals surface area contributed by atoms with Gasteiger partial charge in [0.15, 0.2) is 21.6 Å². The number of aromatic amines is 1. The minimum absolute atomic E-state index is 0.0523. The van der Waals surface area contributed by atoms with Gasteiger partial charge in [-0.3, -0.25) is 9.59 Å². The van der Waals surface area contributed by atoms with E-state index in [9.17, 15) is 22.4 Å². The largest absolute Gasteiger partial charge is 0.493 e. The Morgan fingerprint density at radius 2 is 1.88 bits per heavy atom. The highest BCUT2D eigenvalue weighted by molar-refractivity contribution is 7.99. The van der Waals surface area contributed by atoms with Gasteiger partial charge in [-0.25, -0.2) is 17.8 Å². The molecule has 0 saturated heterocycles. The first-order valence-corrected chi connectivity index (χ1v) is 11.9. The molecule has 0 bridgehead atoms. The van der Waals surface area contributed by atoms with Gasteiger partial charge in [0, 0.05) is 11.8 Å². The van der Waals surface area contributed by atoms with Crippen LogP contribution in [0.15, 0.2) is 62.3 Å². The van der Waals surface area contributed by atoms with Crippen LogP contribution in [-0.4, -0.2) is 44.3 Å². The van der Waals surface area contributed by atoms with Crippen molar-refractivity contribution in [1.29, 1.82) is 0 Å². The van der Waals surface area contributed by atoms with Crippen LogP contribution in [0.5, 0.6) is 11.5 Å². The van der Waals surface area contributed by atoms with E-state index in [2.05, 4.69) is 15.3 Å². The van der Waals surface area contributed by atoms with Crippen molar-refractivity contribution in [2.24, 2.45) is 0 Å². The lowest BCUT2D eigenvalue weighted by atomic mass is 10.2. The van der Waals surface area contributed by atoms with Gasteiger partial charge in [0.1, 0.15) is 5.82 Å². The number of ether oxygens (including phenoxy) is 2. The summed E-state index contributed by atoms with van der Waals surface area (Å²) in [6, 6.07) is 8.25. The maximum Gasteiger partial charge on any atom is 0.270 e. The van der Waals surface area contributed by atoms with Crippen LogP contribution < -0.4 is 20.3 Å². The average molecular weight is 494 g/mol. The van der Waals surface area contributed by atoms with E-state index in [1.54, 1.807) is 13.0 Å². The molecule has 0 aliphatic carbocycles. The molecule has 3 rings (SSSR count). The second-order valence-electron chi connectivity index (χ2n) is 6.70. The zero-order chi connectivity index (χ0) is 24.2. The molecule has 0 atom stereocenters. The molecule has 0 radical (unpaired) electrons. The van der Waals surface area contributed by atoms with Crippen LogP contribution in [0.25, 0.3) is 0 Å². The molecule has 1 heterocycles. The molecular formula is C21H20FN3O6S2. The highest BCUT2D eigenvalue weighted by Crippen LogP contribution is 2.31. The number of methoxy groups -OCH3 is 2. The summed E-state index contributed by atoms with van der Waals surface area (Å²) in [6.45, 7) is 1.60. The number of amides is 1. The molecule has 12 heteroatoms. The number of hydrogen-bond donors (Lipinski definition) is 2. The van der Waals surface area contributed by atoms with E-state index in [1.807, 2.05) is 0 Å². The second kappa shape index (κ2) is 10.0. The molecular weight excluding hydrogens is 473 g/mol. The molecule has 1 aromatic heterocycles. The number of sulfone groups is 1. The van der Waals surface area contributed by atoms with Crippen LogP contribution in [0.2, 0.25) is 0 Å². The minimum atomic E-state index is -4.19. The molecule has 33 heavy (non-hydrogen) atoms. The molecule has 2 aromatic carbocycles. The smallest absolute Gasteiger partial charge is 0.270 e. The summed E-state index contributed by atoms with van der Waals surface area (Å²) in [6.07, 6.45) is 0.931. The van der Waals surface area contributed by atoms with E-state index in [1.165, 1.54) is 44.6 Å². The zero-order valence-electron chi connectivity index (χ0n) is 17.8. The summed E-state index contributed by atoms with van der Waals surface area (Å²) in [7, 11) is -1.42. The first kappa shape index (κ1) is 24.3. The van der Waals surface area contributed by atoms with Gasteiger partial charge in [0.25, 0.3) is 5.56 Å². The number of halogens is 1. The Kier molecular flexibility index (Phi) is 7.39. The molecule has 174 valence electrons. The van der Waals surface area contributed by atoms with Crippen molar-refractivity contribution in [3.63, 3.8) is 0 Å². The normalized spacial score (nSPS) is 11.2. The zero-order valence-corrected chi connectivity index (χ0v) is 19.5. The number of anilines is 1. The highest BCUT2D eigenvalue weighted by Gasteiger charge is 2.24. The number of nitrogens with zero attached hydrogens (tertiary/aromatic N) is 1. The van der Waals surface area contributed by atoms with E-state index in [4.69, 9.17) is 9.47 Å². The van der Waals surface area contributed by atoms with Gasteiger partial charge in [0.2, 0.25) is 15.7 Å². The molecule has 0 unspecified atom stereocenters. The molecule has 0 aliphatic heterocycles. The predicted octanol–water partition coefficient (Wildman–Crippen LogP) is 2.80. The van der Waals surface area contributed by atoms with Gasteiger partial charge in [-0.1, -0.05) is 17.8 Å². The van der Waals surface area contributed by atoms with E-state index in [0.29, 0.717) is 17.0 Å². The van der Waals surface area contributed by atoms with Crippen LogP contribution in [0, 0.1) is 12.7 Å². The second-order valence-corrected chi connectivity index (χ2v) is 9.58. The molecule has 0 aliphatic rings. The standard InChI is InChI=1S/C21H20FN3O6S2/c1-12-4-5-13(8-15(12)22)24-19(26)11-32-21-23-10-18(20(27)25-21)33(28,29)14-6-7-16(30-2)17(9-14)31-3/h4-10H,11H2,1-3H3,(H,24,26)(H,23,25,27). The molecule has 3 aromatic rings. The van der Waals surface area contributed by atoms with Crippen molar-refractivity contribution in [2.75, 3.05) is 25.3 Å². The number of rotatable bonds is 8. The van der Waals surface area contributed by atoms with E-state index >= 15 is 0 Å². The quantitative estimate of drug-likeness (QED) is 0.362. The number of aromatic nitrogens is 2. The van der Waals surface area contributed by atoms with E-state index in [0.717, 1.165) is 18.0 Å². The maximum absolute atomic E-state index is 13.6. The lowest BCUT2D eigenvalue weighted by Gasteiger charge is -2.10. The number of H-pyrrole nitrogens is 1. The van der Waals surface area contributed by atoms with Gasteiger partial charge in [-0.15, -0.1) is 0 Å². The first-order valence-electron chi connectivity index (χ1n) is 9.41. The Balaban J connectivity index is 1.73. The maximum atomic E-state index is 13.6. The van der Waals surface area contributed by atoms with Gasteiger partial charge >= 0.3 is 0 Å². The number of carbonyl (C=O) groups is 1. The van der Waals surface area contributed by atoms with Crippen LogP contribution >= 0.6 is 11.8 Å². The number of nitrogens with one attached hydrogen (secondary N) is 2. The first-order chi connectivity index (χ1) is 15.6. The summed E-state index contributed by atoms with van der Waals surface area (Å²) < 4.78 is 49.6. The van der Waals surface area contributed by atoms with Crippen LogP contribution in [0.1, 0.15) is 5.56 Å². The van der Waals surface area contributed by atoms with Crippen molar-refractivity contribution in [2.45, 2.75) is 21.9 Å². The van der Waals surface area contributed by atoms with Gasteiger partial charge in [-0.05, 0) is 36.8 Å². The Morgan fingerprint density at radius 1 is 1.15 bits per heavy atom. The Hall–Kier alpha value is -3.38. The highest BCUT2D eigenvalue weighted by atomic mass is 32.2. The lowest BCUT2D eigenvalue weighted by molar-refractivity contribution is -0.113. The van der Waals surface area contributed by atoms with E-state index < -0.39 is 32.0 Å². The summed E-state index contributed by atoms with van der Waals surface area (Å²) in [4.78, 5) is 30.1. The third-order valence-corrected chi connectivity index (χ3v) is 7.13. The summed E-state index contributed by atoms with van der Waals surface area (Å²) in [5.41, 5.74) is -0.142. The fraction of sp³-hybridized carbons (Fsp3) is 0.190. The van der Waals surface area contributed by atoms with Gasteiger partial charge in [-0.2, -0.15) is 0 Å². The van der Waals surface area contributed by atoms with Crippen molar-refractivity contribution >= 4 is 33.2 Å². The van der Waals surface area contributed by atoms with Gasteiger partial charge < -0.3 is 19.8 Å². The van der Waals surface area contributed by atoms with Gasteiger partial charge in [0.05, 0.1) is 31.1 Å². The third-order valence-electron chi connectivity index (χ3n) is 4.49. The Labute approximate surface area is 193 Å². The molecule has 1 amide bonds. The molecule has 9 nitrogen and oxygen atoms in total. The van der Waals surface area contributed by atoms with Crippen LogP contribution in [0.3, 0.4) is 0 Å². The van der Waals surface area contributed by atoms with Crippen molar-refractivity contribution in [3.8, 4) is 11.5 Å². The monoisotopic (exact) mass is 493 g/mol. The Morgan fingerprint density at radius 3 is 2.52 bits per heavy atom. The van der Waals surface area contributed by atoms with Crippen molar-refractivity contribution in [3.05, 3.63) is 64.3 Å². The summed E-state index contributed by atoms with van der Waals surface area (Å²) in [5.74, 6) is -0.512. The molecule has 2 N–H and O–H groups in total. The Bertz CT molecular complexity index is 1360. The molecule has 0 spiro atoms. The minimum Gasteiger partial charge on any atom is -0.493 e. The fourth-order valence-corrected chi connectivity index (χ4v) is 4.63. The molecule has 0 fully saturated rings. The topological polar surface area (TPSA) is 127 Å².